The molecule has 1 aliphatic heterocycles. The first-order valence-electron chi connectivity index (χ1n) is 13.2. The second-order valence-electron chi connectivity index (χ2n) is 10.2. The lowest BCUT2D eigenvalue weighted by Gasteiger charge is -2.33. The van der Waals surface area contributed by atoms with Crippen LogP contribution in [0.4, 0.5) is 21.6 Å². The van der Waals surface area contributed by atoms with Crippen molar-refractivity contribution >= 4 is 17.2 Å². The lowest BCUT2D eigenvalue weighted by Crippen LogP contribution is -2.39. The molecule has 0 unspecified atom stereocenters. The predicted octanol–water partition coefficient (Wildman–Crippen LogP) is 5.77. The predicted molar refractivity (Wildman–Crippen MR) is 146 cm³/mol. The normalized spacial score (nSPS) is 22.0. The van der Waals surface area contributed by atoms with E-state index in [1.807, 2.05) is 10.7 Å². The van der Waals surface area contributed by atoms with Crippen LogP contribution in [0.25, 0.3) is 21.8 Å². The molecule has 1 aromatic heterocycles. The minimum atomic E-state index is -0.529. The van der Waals surface area contributed by atoms with Gasteiger partial charge in [-0.3, -0.25) is 0 Å². The highest BCUT2D eigenvalue weighted by Gasteiger charge is 2.22. The standard InChI is InChI=1S/C29H35FN6O/c1-32-27-13-8-21(16-26(27)30)28-17-29(33-18-20-5-3-6-22(31)15-20)34-36(28)24-11-9-23(10-12-24)35-14-4-7-25(19-35)37-2/h8-13,16-17,20,22,25H,3-7,14-15,18-19,31H2,2H3,(H,33,34)/t20-,22-,25-/m0/s1. The van der Waals surface area contributed by atoms with Gasteiger partial charge < -0.3 is 20.7 Å². The summed E-state index contributed by atoms with van der Waals surface area (Å²) in [5, 5.41) is 8.35. The van der Waals surface area contributed by atoms with Crippen molar-refractivity contribution in [3.8, 4) is 16.9 Å². The Hall–Kier alpha value is -3.41. The van der Waals surface area contributed by atoms with Crippen molar-refractivity contribution in [1.82, 2.24) is 9.78 Å². The summed E-state index contributed by atoms with van der Waals surface area (Å²) in [6.07, 6.45) is 6.90. The highest BCUT2D eigenvalue weighted by molar-refractivity contribution is 5.69. The van der Waals surface area contributed by atoms with E-state index in [4.69, 9.17) is 22.1 Å². The number of nitrogens with two attached hydrogens (primary N) is 1. The van der Waals surface area contributed by atoms with E-state index in [9.17, 15) is 4.39 Å². The molecule has 1 saturated carbocycles. The number of nitrogens with one attached hydrogen (secondary N) is 1. The number of methoxy groups -OCH3 is 1. The second-order valence-corrected chi connectivity index (χ2v) is 10.2. The first-order valence-corrected chi connectivity index (χ1v) is 13.2. The third kappa shape index (κ3) is 5.79. The minimum Gasteiger partial charge on any atom is -0.380 e. The van der Waals surface area contributed by atoms with Crippen LogP contribution in [0.5, 0.6) is 0 Å². The molecule has 8 heteroatoms. The molecule has 1 aliphatic carbocycles. The number of aromatic nitrogens is 2. The third-order valence-electron chi connectivity index (χ3n) is 7.64. The molecule has 3 aromatic rings. The van der Waals surface area contributed by atoms with E-state index in [1.54, 1.807) is 13.2 Å². The summed E-state index contributed by atoms with van der Waals surface area (Å²) in [5.74, 6) is 0.735. The van der Waals surface area contributed by atoms with Crippen LogP contribution in [-0.2, 0) is 4.74 Å². The monoisotopic (exact) mass is 502 g/mol. The summed E-state index contributed by atoms with van der Waals surface area (Å²) < 4.78 is 22.0. The van der Waals surface area contributed by atoms with Gasteiger partial charge >= 0.3 is 0 Å². The van der Waals surface area contributed by atoms with Crippen LogP contribution in [0, 0.1) is 18.3 Å². The smallest absolute Gasteiger partial charge is 0.222 e. The zero-order chi connectivity index (χ0) is 25.8. The molecule has 0 amide bonds. The van der Waals surface area contributed by atoms with Crippen molar-refractivity contribution in [2.45, 2.75) is 50.7 Å². The van der Waals surface area contributed by atoms with E-state index in [0.29, 0.717) is 11.5 Å². The molecule has 0 bridgehead atoms. The maximum absolute atomic E-state index is 14.5. The van der Waals surface area contributed by atoms with Crippen LogP contribution < -0.4 is 16.0 Å². The number of hydrogen-bond acceptors (Lipinski definition) is 5. The van der Waals surface area contributed by atoms with Crippen LogP contribution in [0.15, 0.2) is 48.5 Å². The molecule has 2 aromatic carbocycles. The first-order chi connectivity index (χ1) is 18.0. The molecular formula is C29H35FN6O. The second kappa shape index (κ2) is 11.3. The molecule has 3 atom stereocenters. The minimum absolute atomic E-state index is 0.0158. The Labute approximate surface area is 218 Å². The van der Waals surface area contributed by atoms with Crippen LogP contribution in [0.2, 0.25) is 0 Å². The van der Waals surface area contributed by atoms with E-state index >= 15 is 0 Å². The summed E-state index contributed by atoms with van der Waals surface area (Å²) in [6.45, 7) is 9.88. The average molecular weight is 503 g/mol. The van der Waals surface area contributed by atoms with Crippen LogP contribution in [-0.4, -0.2) is 48.7 Å². The van der Waals surface area contributed by atoms with Gasteiger partial charge in [0.25, 0.3) is 0 Å². The molecule has 2 heterocycles. The SMILES string of the molecule is [C-]#[N+]c1ccc(-c2cc(NC[C@H]3CCC[C@H](N)C3)nn2-c2ccc(N3CCC[C@H](OC)C3)cc2)cc1F. The fourth-order valence-corrected chi connectivity index (χ4v) is 5.56. The van der Waals surface area contributed by atoms with E-state index in [1.165, 1.54) is 18.6 Å². The van der Waals surface area contributed by atoms with E-state index in [2.05, 4.69) is 39.3 Å². The number of piperidine rings is 1. The maximum atomic E-state index is 14.5. The lowest BCUT2D eigenvalue weighted by atomic mass is 9.86. The number of anilines is 2. The molecule has 7 nitrogen and oxygen atoms in total. The Morgan fingerprint density at radius 2 is 1.92 bits per heavy atom. The Balaban J connectivity index is 1.42. The summed E-state index contributed by atoms with van der Waals surface area (Å²) in [4.78, 5) is 5.61. The molecule has 0 spiro atoms. The van der Waals surface area contributed by atoms with Gasteiger partial charge in [0.1, 0.15) is 11.6 Å². The highest BCUT2D eigenvalue weighted by atomic mass is 19.1. The molecule has 2 fully saturated rings. The number of benzene rings is 2. The van der Waals surface area contributed by atoms with Crippen molar-refractivity contribution < 1.29 is 9.13 Å². The van der Waals surface area contributed by atoms with Gasteiger partial charge in [0, 0.05) is 50.1 Å². The van der Waals surface area contributed by atoms with Crippen LogP contribution in [0.1, 0.15) is 38.5 Å². The van der Waals surface area contributed by atoms with Crippen LogP contribution >= 0.6 is 0 Å². The average Bonchev–Trinajstić information content (AvgIpc) is 3.36. The summed E-state index contributed by atoms with van der Waals surface area (Å²) in [5.41, 5.74) is 9.68. The van der Waals surface area contributed by atoms with Gasteiger partial charge in [-0.15, -0.1) is 5.10 Å². The van der Waals surface area contributed by atoms with Crippen LogP contribution in [0.3, 0.4) is 0 Å². The fourth-order valence-electron chi connectivity index (χ4n) is 5.56. The van der Waals surface area contributed by atoms with Gasteiger partial charge in [-0.25, -0.2) is 13.9 Å². The number of hydrogen-bond donors (Lipinski definition) is 2. The Morgan fingerprint density at radius 1 is 1.11 bits per heavy atom. The third-order valence-corrected chi connectivity index (χ3v) is 7.64. The van der Waals surface area contributed by atoms with Crippen molar-refractivity contribution in [1.29, 1.82) is 0 Å². The molecule has 1 saturated heterocycles. The maximum Gasteiger partial charge on any atom is 0.222 e. The topological polar surface area (TPSA) is 72.7 Å². The van der Waals surface area contributed by atoms with E-state index in [0.717, 1.165) is 74.6 Å². The fraction of sp³-hybridized carbons (Fsp3) is 0.448. The molecular weight excluding hydrogens is 467 g/mol. The van der Waals surface area contributed by atoms with Crippen molar-refractivity contribution in [2.75, 3.05) is 37.0 Å². The Morgan fingerprint density at radius 3 is 2.65 bits per heavy atom. The molecule has 194 valence electrons. The Bertz CT molecular complexity index is 1250. The van der Waals surface area contributed by atoms with E-state index < -0.39 is 5.82 Å². The highest BCUT2D eigenvalue weighted by Crippen LogP contribution is 2.31. The summed E-state index contributed by atoms with van der Waals surface area (Å²) in [6, 6.07) is 15.3. The summed E-state index contributed by atoms with van der Waals surface area (Å²) in [7, 11) is 1.78. The quantitative estimate of drug-likeness (QED) is 0.401. The van der Waals surface area contributed by atoms with Gasteiger partial charge in [0.2, 0.25) is 5.69 Å². The molecule has 3 N–H and O–H groups in total. The molecule has 5 rings (SSSR count). The first kappa shape index (κ1) is 25.2. The molecule has 37 heavy (non-hydrogen) atoms. The van der Waals surface area contributed by atoms with E-state index in [-0.39, 0.29) is 17.8 Å². The molecule has 2 aliphatic rings. The lowest BCUT2D eigenvalue weighted by molar-refractivity contribution is 0.0893. The number of rotatable bonds is 7. The van der Waals surface area contributed by atoms with Gasteiger partial charge in [-0.05, 0) is 68.4 Å². The number of ether oxygens (including phenoxy) is 1. The van der Waals surface area contributed by atoms with Gasteiger partial charge in [0.15, 0.2) is 0 Å². The summed E-state index contributed by atoms with van der Waals surface area (Å²) >= 11 is 0. The largest absolute Gasteiger partial charge is 0.380 e. The van der Waals surface area contributed by atoms with Crippen molar-refractivity contribution in [3.63, 3.8) is 0 Å². The molecule has 0 radical (unpaired) electrons. The zero-order valence-corrected chi connectivity index (χ0v) is 21.4. The van der Waals surface area contributed by atoms with Crippen molar-refractivity contribution in [2.24, 2.45) is 11.7 Å². The number of halogens is 1. The van der Waals surface area contributed by atoms with Gasteiger partial charge in [0.05, 0.1) is 24.1 Å². The van der Waals surface area contributed by atoms with Gasteiger partial charge in [-0.2, -0.15) is 0 Å². The Kier molecular flexibility index (Phi) is 7.73. The number of nitrogens with zero attached hydrogens (tertiary/aromatic N) is 4. The zero-order valence-electron chi connectivity index (χ0n) is 21.4. The van der Waals surface area contributed by atoms with Gasteiger partial charge in [-0.1, -0.05) is 18.6 Å². The van der Waals surface area contributed by atoms with Crippen molar-refractivity contribution in [3.05, 3.63) is 65.8 Å².